The molecule has 21 heavy (non-hydrogen) atoms. The van der Waals surface area contributed by atoms with Crippen LogP contribution < -0.4 is 20.5 Å². The summed E-state index contributed by atoms with van der Waals surface area (Å²) in [6, 6.07) is 5.51. The lowest BCUT2D eigenvalue weighted by atomic mass is 9.95. The molecule has 3 N–H and O–H groups in total. The lowest BCUT2D eigenvalue weighted by molar-refractivity contribution is 0.405. The predicted octanol–water partition coefficient (Wildman–Crippen LogP) is 2.79. The summed E-state index contributed by atoms with van der Waals surface area (Å²) in [7, 11) is 3.24. The van der Waals surface area contributed by atoms with E-state index in [2.05, 4.69) is 22.5 Å². The van der Waals surface area contributed by atoms with E-state index < -0.39 is 0 Å². The van der Waals surface area contributed by atoms with Crippen LogP contribution in [0.5, 0.6) is 11.5 Å². The minimum Gasteiger partial charge on any atom is -0.497 e. The maximum Gasteiger partial charge on any atom is 0.193 e. The van der Waals surface area contributed by atoms with Crippen LogP contribution in [0.1, 0.15) is 19.3 Å². The number of rotatable bonds is 5. The second-order valence-corrected chi connectivity index (χ2v) is 5.07. The number of guanidine groups is 1. The predicted molar refractivity (Wildman–Crippen MR) is 86.1 cm³/mol. The van der Waals surface area contributed by atoms with E-state index >= 15 is 0 Å². The molecule has 0 heterocycles. The topological polar surface area (TPSA) is 68.9 Å². The van der Waals surface area contributed by atoms with E-state index in [1.807, 2.05) is 18.2 Å². The number of hydrogen-bond acceptors (Lipinski definition) is 3. The van der Waals surface area contributed by atoms with E-state index in [9.17, 15) is 0 Å². The molecule has 5 nitrogen and oxygen atoms in total. The van der Waals surface area contributed by atoms with Gasteiger partial charge in [0.2, 0.25) is 0 Å². The van der Waals surface area contributed by atoms with Crippen LogP contribution in [-0.2, 0) is 0 Å². The number of benzene rings is 1. The van der Waals surface area contributed by atoms with E-state index in [4.69, 9.17) is 15.2 Å². The maximum atomic E-state index is 5.96. The molecule has 0 spiro atoms. The molecule has 0 saturated heterocycles. The quantitative estimate of drug-likeness (QED) is 0.497. The summed E-state index contributed by atoms with van der Waals surface area (Å²) < 4.78 is 10.5. The molecular weight excluding hydrogens is 266 g/mol. The zero-order valence-electron chi connectivity index (χ0n) is 12.6. The van der Waals surface area contributed by atoms with Crippen molar-refractivity contribution in [2.24, 2.45) is 16.6 Å². The summed E-state index contributed by atoms with van der Waals surface area (Å²) in [6.45, 7) is 0.745. The van der Waals surface area contributed by atoms with E-state index in [0.717, 1.165) is 30.8 Å². The molecule has 1 aliphatic carbocycles. The number of ether oxygens (including phenoxy) is 2. The van der Waals surface area contributed by atoms with Gasteiger partial charge in [-0.25, -0.2) is 0 Å². The van der Waals surface area contributed by atoms with Crippen molar-refractivity contribution in [1.82, 2.24) is 0 Å². The molecule has 1 unspecified atom stereocenters. The van der Waals surface area contributed by atoms with Gasteiger partial charge < -0.3 is 20.5 Å². The SMILES string of the molecule is COc1ccc(OC)c(NC(N)=NCC2CC=CCC2)c1. The minimum atomic E-state index is 0.399. The number of anilines is 1. The molecule has 0 radical (unpaired) electrons. The first-order chi connectivity index (χ1) is 10.2. The van der Waals surface area contributed by atoms with Gasteiger partial charge in [-0.05, 0) is 37.3 Å². The third-order valence-electron chi connectivity index (χ3n) is 3.57. The molecule has 1 atom stereocenters. The highest BCUT2D eigenvalue weighted by atomic mass is 16.5. The van der Waals surface area contributed by atoms with Crippen LogP contribution in [0, 0.1) is 5.92 Å². The minimum absolute atomic E-state index is 0.399. The Bertz CT molecular complexity index is 526. The fraction of sp³-hybridized carbons (Fsp3) is 0.438. The number of hydrogen-bond donors (Lipinski definition) is 2. The smallest absolute Gasteiger partial charge is 0.193 e. The molecule has 0 aromatic heterocycles. The molecule has 5 heteroatoms. The Morgan fingerprint density at radius 2 is 2.19 bits per heavy atom. The third-order valence-corrected chi connectivity index (χ3v) is 3.57. The van der Waals surface area contributed by atoms with Gasteiger partial charge >= 0.3 is 0 Å². The van der Waals surface area contributed by atoms with Gasteiger partial charge in [0.1, 0.15) is 11.5 Å². The van der Waals surface area contributed by atoms with Crippen molar-refractivity contribution in [3.63, 3.8) is 0 Å². The molecule has 2 rings (SSSR count). The van der Waals surface area contributed by atoms with Gasteiger partial charge in [0.05, 0.1) is 19.9 Å². The monoisotopic (exact) mass is 289 g/mol. The van der Waals surface area contributed by atoms with Crippen molar-refractivity contribution in [1.29, 1.82) is 0 Å². The zero-order chi connectivity index (χ0) is 15.1. The molecule has 0 fully saturated rings. The molecule has 1 aliphatic rings. The standard InChI is InChI=1S/C16H23N3O2/c1-20-13-8-9-15(21-2)14(10-13)19-16(17)18-11-12-6-4-3-5-7-12/h3-4,8-10,12H,5-7,11H2,1-2H3,(H3,17,18,19). The average Bonchev–Trinajstić information content (AvgIpc) is 2.54. The summed E-state index contributed by atoms with van der Waals surface area (Å²) >= 11 is 0. The number of nitrogens with one attached hydrogen (secondary N) is 1. The number of aliphatic imine (C=N–C) groups is 1. The fourth-order valence-electron chi connectivity index (χ4n) is 2.34. The largest absolute Gasteiger partial charge is 0.497 e. The molecular formula is C16H23N3O2. The normalized spacial score (nSPS) is 18.4. The second-order valence-electron chi connectivity index (χ2n) is 5.07. The molecule has 1 aromatic rings. The molecule has 1 aromatic carbocycles. The van der Waals surface area contributed by atoms with Gasteiger partial charge in [-0.2, -0.15) is 0 Å². The van der Waals surface area contributed by atoms with Crippen LogP contribution in [0.2, 0.25) is 0 Å². The summed E-state index contributed by atoms with van der Waals surface area (Å²) in [4.78, 5) is 4.43. The van der Waals surface area contributed by atoms with Crippen LogP contribution in [0.15, 0.2) is 35.3 Å². The summed E-state index contributed by atoms with van der Waals surface area (Å²) in [5.74, 6) is 2.43. The van der Waals surface area contributed by atoms with Crippen molar-refractivity contribution in [2.75, 3.05) is 26.1 Å². The summed E-state index contributed by atoms with van der Waals surface area (Å²) in [6.07, 6.45) is 7.84. The maximum absolute atomic E-state index is 5.96. The van der Waals surface area contributed by atoms with Crippen molar-refractivity contribution < 1.29 is 9.47 Å². The number of methoxy groups -OCH3 is 2. The first-order valence-electron chi connectivity index (χ1n) is 7.17. The van der Waals surface area contributed by atoms with Gasteiger partial charge in [-0.15, -0.1) is 0 Å². The highest BCUT2D eigenvalue weighted by Gasteiger charge is 2.10. The molecule has 0 bridgehead atoms. The van der Waals surface area contributed by atoms with Crippen molar-refractivity contribution >= 4 is 11.6 Å². The van der Waals surface area contributed by atoms with Gasteiger partial charge in [-0.1, -0.05) is 12.2 Å². The van der Waals surface area contributed by atoms with Crippen LogP contribution >= 0.6 is 0 Å². The summed E-state index contributed by atoms with van der Waals surface area (Å²) in [5, 5.41) is 3.08. The highest BCUT2D eigenvalue weighted by molar-refractivity contribution is 5.94. The van der Waals surface area contributed by atoms with Gasteiger partial charge in [-0.3, -0.25) is 4.99 Å². The molecule has 114 valence electrons. The second kappa shape index (κ2) is 7.57. The number of nitrogens with two attached hydrogens (primary N) is 1. The van der Waals surface area contributed by atoms with E-state index in [-0.39, 0.29) is 0 Å². The van der Waals surface area contributed by atoms with E-state index in [1.54, 1.807) is 14.2 Å². The average molecular weight is 289 g/mol. The lowest BCUT2D eigenvalue weighted by Gasteiger charge is -2.16. The Balaban J connectivity index is 2.00. The van der Waals surface area contributed by atoms with Crippen LogP contribution in [0.4, 0.5) is 5.69 Å². The van der Waals surface area contributed by atoms with Gasteiger partial charge in [0, 0.05) is 12.6 Å². The van der Waals surface area contributed by atoms with Gasteiger partial charge in [0.15, 0.2) is 5.96 Å². The van der Waals surface area contributed by atoms with Crippen LogP contribution in [-0.4, -0.2) is 26.7 Å². The van der Waals surface area contributed by atoms with E-state index in [0.29, 0.717) is 17.6 Å². The van der Waals surface area contributed by atoms with Crippen LogP contribution in [0.25, 0.3) is 0 Å². The lowest BCUT2D eigenvalue weighted by Crippen LogP contribution is -2.24. The Labute approximate surface area is 125 Å². The number of nitrogens with zero attached hydrogens (tertiary/aromatic N) is 1. The first kappa shape index (κ1) is 15.2. The van der Waals surface area contributed by atoms with Gasteiger partial charge in [0.25, 0.3) is 0 Å². The summed E-state index contributed by atoms with van der Waals surface area (Å²) in [5.41, 5.74) is 6.71. The molecule has 0 saturated carbocycles. The Morgan fingerprint density at radius 1 is 1.33 bits per heavy atom. The Morgan fingerprint density at radius 3 is 2.86 bits per heavy atom. The van der Waals surface area contributed by atoms with Crippen molar-refractivity contribution in [3.05, 3.63) is 30.4 Å². The molecule has 0 amide bonds. The Kier molecular flexibility index (Phi) is 5.49. The molecule has 0 aliphatic heterocycles. The Hall–Kier alpha value is -2.17. The van der Waals surface area contributed by atoms with Crippen LogP contribution in [0.3, 0.4) is 0 Å². The highest BCUT2D eigenvalue weighted by Crippen LogP contribution is 2.28. The number of allylic oxidation sites excluding steroid dienone is 2. The first-order valence-corrected chi connectivity index (χ1v) is 7.17. The van der Waals surface area contributed by atoms with Crippen molar-refractivity contribution in [3.8, 4) is 11.5 Å². The zero-order valence-corrected chi connectivity index (χ0v) is 12.6. The third kappa shape index (κ3) is 4.41. The fourth-order valence-corrected chi connectivity index (χ4v) is 2.34. The van der Waals surface area contributed by atoms with E-state index in [1.165, 1.54) is 6.42 Å². The van der Waals surface area contributed by atoms with Crippen molar-refractivity contribution in [2.45, 2.75) is 19.3 Å².